The Morgan fingerprint density at radius 3 is 2.89 bits per heavy atom. The fraction of sp³-hybridized carbons (Fsp3) is 0.357. The first-order valence-electron chi connectivity index (χ1n) is 6.11. The van der Waals surface area contributed by atoms with Crippen LogP contribution in [0.2, 0.25) is 0 Å². The van der Waals surface area contributed by atoms with Crippen LogP contribution in [0.1, 0.15) is 11.1 Å². The number of amides is 2. The quantitative estimate of drug-likeness (QED) is 0.582. The van der Waals surface area contributed by atoms with Gasteiger partial charge in [0.05, 0.1) is 6.42 Å². The Balaban J connectivity index is 2.04. The van der Waals surface area contributed by atoms with Crippen LogP contribution in [0.4, 0.5) is 5.69 Å². The van der Waals surface area contributed by atoms with Crippen LogP contribution in [0.5, 0.6) is 0 Å². The van der Waals surface area contributed by atoms with E-state index in [1.165, 1.54) is 4.90 Å². The number of anilines is 1. The van der Waals surface area contributed by atoms with Crippen LogP contribution < -0.4 is 4.90 Å². The summed E-state index contributed by atoms with van der Waals surface area (Å²) in [6.07, 6.45) is 1.42. The Morgan fingerprint density at radius 1 is 1.47 bits per heavy atom. The molecule has 2 rings (SSSR count). The third-order valence-corrected chi connectivity index (χ3v) is 3.43. The third kappa shape index (κ3) is 2.65. The highest BCUT2D eigenvalue weighted by Crippen LogP contribution is 2.28. The van der Waals surface area contributed by atoms with Crippen LogP contribution >= 0.6 is 0 Å². The van der Waals surface area contributed by atoms with Crippen molar-refractivity contribution in [3.05, 3.63) is 29.3 Å². The first-order valence-corrected chi connectivity index (χ1v) is 6.11. The van der Waals surface area contributed by atoms with Crippen molar-refractivity contribution in [3.8, 4) is 0 Å². The van der Waals surface area contributed by atoms with Gasteiger partial charge in [-0.2, -0.15) is 0 Å². The maximum absolute atomic E-state index is 11.6. The summed E-state index contributed by atoms with van der Waals surface area (Å²) >= 11 is 0. The number of aldehydes is 1. The highest BCUT2D eigenvalue weighted by Gasteiger charge is 2.23. The van der Waals surface area contributed by atoms with Gasteiger partial charge >= 0.3 is 0 Å². The molecule has 0 bridgehead atoms. The molecule has 19 heavy (non-hydrogen) atoms. The lowest BCUT2D eigenvalue weighted by Gasteiger charge is -2.14. The lowest BCUT2D eigenvalue weighted by atomic mass is 10.1. The summed E-state index contributed by atoms with van der Waals surface area (Å²) in [6, 6.07) is 5.88. The summed E-state index contributed by atoms with van der Waals surface area (Å²) in [5.74, 6) is -0.420. The lowest BCUT2D eigenvalue weighted by molar-refractivity contribution is -0.137. The fourth-order valence-corrected chi connectivity index (χ4v) is 2.18. The maximum atomic E-state index is 11.6. The van der Waals surface area contributed by atoms with Crippen molar-refractivity contribution in [2.45, 2.75) is 12.8 Å². The smallest absolute Gasteiger partial charge is 0.286 e. The molecule has 0 N–H and O–H groups in total. The van der Waals surface area contributed by atoms with Gasteiger partial charge < -0.3 is 9.80 Å². The number of fused-ring (bicyclic) bond motifs is 1. The average Bonchev–Trinajstić information content (AvgIpc) is 2.70. The monoisotopic (exact) mass is 260 g/mol. The number of carbonyl (C=O) groups excluding carboxylic acids is 3. The van der Waals surface area contributed by atoms with E-state index in [0.717, 1.165) is 16.8 Å². The largest absolute Gasteiger partial charge is 0.339 e. The minimum atomic E-state index is -0.518. The lowest BCUT2D eigenvalue weighted by Crippen LogP contribution is -2.29. The fourth-order valence-electron chi connectivity index (χ4n) is 2.18. The molecular formula is C14H16N2O3. The molecule has 0 aliphatic carbocycles. The van der Waals surface area contributed by atoms with E-state index in [0.29, 0.717) is 25.7 Å². The van der Waals surface area contributed by atoms with E-state index in [1.807, 2.05) is 18.2 Å². The number of nitrogens with zero attached hydrogens (tertiary/aromatic N) is 2. The zero-order valence-electron chi connectivity index (χ0n) is 11.0. The van der Waals surface area contributed by atoms with Crippen LogP contribution in [0.3, 0.4) is 0 Å². The first-order chi connectivity index (χ1) is 9.02. The van der Waals surface area contributed by atoms with E-state index in [4.69, 9.17) is 0 Å². The van der Waals surface area contributed by atoms with Crippen molar-refractivity contribution >= 4 is 23.8 Å². The van der Waals surface area contributed by atoms with E-state index in [9.17, 15) is 14.4 Å². The van der Waals surface area contributed by atoms with Gasteiger partial charge in [0.15, 0.2) is 0 Å². The highest BCUT2D eigenvalue weighted by molar-refractivity contribution is 6.23. The topological polar surface area (TPSA) is 57.7 Å². The van der Waals surface area contributed by atoms with Crippen molar-refractivity contribution in [1.82, 2.24) is 4.90 Å². The third-order valence-electron chi connectivity index (χ3n) is 3.43. The Bertz CT molecular complexity index is 539. The van der Waals surface area contributed by atoms with E-state index in [-0.39, 0.29) is 5.91 Å². The summed E-state index contributed by atoms with van der Waals surface area (Å²) in [4.78, 5) is 36.1. The van der Waals surface area contributed by atoms with E-state index in [2.05, 4.69) is 0 Å². The summed E-state index contributed by atoms with van der Waals surface area (Å²) < 4.78 is 0. The standard InChI is InChI=1S/C14H16N2O3/c1-15(14(19)9-17)6-5-10-3-4-12-11(7-10)8-13(18)16(12)2/h3-4,7,9H,5-6,8H2,1-2H3. The van der Waals surface area contributed by atoms with Gasteiger partial charge in [-0.15, -0.1) is 0 Å². The second-order valence-electron chi connectivity index (χ2n) is 4.72. The molecule has 1 aromatic carbocycles. The number of hydrogen-bond acceptors (Lipinski definition) is 3. The van der Waals surface area contributed by atoms with Crippen LogP contribution in [-0.2, 0) is 27.2 Å². The predicted octanol–water partition coefficient (Wildman–Crippen LogP) is 0.405. The van der Waals surface area contributed by atoms with Crippen molar-refractivity contribution in [2.75, 3.05) is 25.5 Å². The SMILES string of the molecule is CN(CCc1ccc2c(c1)CC(=O)N2C)C(=O)C=O. The normalized spacial score (nSPS) is 13.4. The number of likely N-dealkylation sites (N-methyl/N-ethyl adjacent to an activating group) is 2. The van der Waals surface area contributed by atoms with Gasteiger partial charge in [0.1, 0.15) is 0 Å². The summed E-state index contributed by atoms with van der Waals surface area (Å²) in [5, 5.41) is 0. The van der Waals surface area contributed by atoms with Crippen LogP contribution in [0.15, 0.2) is 18.2 Å². The van der Waals surface area contributed by atoms with Gasteiger partial charge in [0.2, 0.25) is 12.2 Å². The molecule has 5 nitrogen and oxygen atoms in total. The summed E-state index contributed by atoms with van der Waals surface area (Å²) in [6.45, 7) is 0.486. The Hall–Kier alpha value is -2.17. The van der Waals surface area contributed by atoms with Crippen LogP contribution in [-0.4, -0.2) is 43.6 Å². The van der Waals surface area contributed by atoms with Gasteiger partial charge in [0.25, 0.3) is 5.91 Å². The van der Waals surface area contributed by atoms with Gasteiger partial charge in [-0.25, -0.2) is 0 Å². The molecule has 5 heteroatoms. The van der Waals surface area contributed by atoms with Gasteiger partial charge in [-0.3, -0.25) is 14.4 Å². The molecule has 0 aromatic heterocycles. The Kier molecular flexibility index (Phi) is 3.64. The highest BCUT2D eigenvalue weighted by atomic mass is 16.2. The van der Waals surface area contributed by atoms with E-state index in [1.54, 1.807) is 19.0 Å². The van der Waals surface area contributed by atoms with Crippen molar-refractivity contribution in [3.63, 3.8) is 0 Å². The molecular weight excluding hydrogens is 244 g/mol. The molecule has 2 amide bonds. The zero-order valence-corrected chi connectivity index (χ0v) is 11.0. The summed E-state index contributed by atoms with van der Waals surface area (Å²) in [7, 11) is 3.37. The molecule has 0 atom stereocenters. The van der Waals surface area contributed by atoms with Crippen molar-refractivity contribution in [1.29, 1.82) is 0 Å². The molecule has 0 radical (unpaired) electrons. The van der Waals surface area contributed by atoms with Crippen LogP contribution in [0.25, 0.3) is 0 Å². The van der Waals surface area contributed by atoms with Crippen LogP contribution in [0, 0.1) is 0 Å². The van der Waals surface area contributed by atoms with Crippen molar-refractivity contribution < 1.29 is 14.4 Å². The van der Waals surface area contributed by atoms with Gasteiger partial charge in [0, 0.05) is 26.3 Å². The molecule has 0 saturated carbocycles. The molecule has 100 valence electrons. The first kappa shape index (κ1) is 13.3. The number of carbonyl (C=O) groups is 3. The molecule has 1 aliphatic heterocycles. The maximum Gasteiger partial charge on any atom is 0.286 e. The second kappa shape index (κ2) is 5.22. The predicted molar refractivity (Wildman–Crippen MR) is 71.0 cm³/mol. The second-order valence-corrected chi connectivity index (χ2v) is 4.72. The molecule has 0 unspecified atom stereocenters. The molecule has 1 heterocycles. The molecule has 1 aliphatic rings. The van der Waals surface area contributed by atoms with Crippen molar-refractivity contribution in [2.24, 2.45) is 0 Å². The van der Waals surface area contributed by atoms with E-state index < -0.39 is 5.91 Å². The molecule has 1 aromatic rings. The number of rotatable bonds is 4. The van der Waals surface area contributed by atoms with Gasteiger partial charge in [-0.05, 0) is 23.6 Å². The molecule has 0 fully saturated rings. The van der Waals surface area contributed by atoms with E-state index >= 15 is 0 Å². The summed E-state index contributed by atoms with van der Waals surface area (Å²) in [5.41, 5.74) is 3.04. The Labute approximate surface area is 111 Å². The van der Waals surface area contributed by atoms with Gasteiger partial charge in [-0.1, -0.05) is 12.1 Å². The average molecular weight is 260 g/mol. The Morgan fingerprint density at radius 2 is 2.21 bits per heavy atom. The molecule has 0 spiro atoms. The minimum Gasteiger partial charge on any atom is -0.339 e. The number of hydrogen-bond donors (Lipinski definition) is 0. The minimum absolute atomic E-state index is 0.0976. The number of benzene rings is 1. The zero-order chi connectivity index (χ0) is 14.0. The molecule has 0 saturated heterocycles.